The van der Waals surface area contributed by atoms with Crippen LogP contribution < -0.4 is 14.4 Å². The fourth-order valence-corrected chi connectivity index (χ4v) is 3.75. The van der Waals surface area contributed by atoms with Crippen LogP contribution in [0.5, 0.6) is 11.5 Å². The summed E-state index contributed by atoms with van der Waals surface area (Å²) in [6.45, 7) is 6.48. The van der Waals surface area contributed by atoms with Crippen LogP contribution in [-0.2, 0) is 4.74 Å². The fourth-order valence-electron chi connectivity index (χ4n) is 3.75. The third-order valence-corrected chi connectivity index (χ3v) is 5.17. The van der Waals surface area contributed by atoms with E-state index in [4.69, 9.17) is 14.2 Å². The van der Waals surface area contributed by atoms with Crippen molar-refractivity contribution in [2.45, 2.75) is 32.7 Å². The molecular formula is C20H28N4O4. The molecule has 1 aromatic carbocycles. The molecule has 0 aliphatic carbocycles. The van der Waals surface area contributed by atoms with Crippen LogP contribution in [0.25, 0.3) is 10.9 Å². The van der Waals surface area contributed by atoms with E-state index in [1.807, 2.05) is 30.9 Å². The lowest BCUT2D eigenvalue weighted by Crippen LogP contribution is -2.47. The summed E-state index contributed by atoms with van der Waals surface area (Å²) in [5.74, 6) is 2.18. The van der Waals surface area contributed by atoms with E-state index in [0.717, 1.165) is 42.7 Å². The summed E-state index contributed by atoms with van der Waals surface area (Å²) in [5, 5.41) is 0.927. The van der Waals surface area contributed by atoms with E-state index in [9.17, 15) is 4.79 Å². The summed E-state index contributed by atoms with van der Waals surface area (Å²) in [5.41, 5.74) is 0.812. The van der Waals surface area contributed by atoms with Crippen molar-refractivity contribution >= 4 is 22.8 Å². The molecule has 1 aliphatic heterocycles. The lowest BCUT2D eigenvalue weighted by molar-refractivity contribution is 0.0867. The summed E-state index contributed by atoms with van der Waals surface area (Å²) < 4.78 is 16.0. The molecule has 1 aromatic heterocycles. The molecule has 1 amide bonds. The Morgan fingerprint density at radius 2 is 1.82 bits per heavy atom. The number of rotatable bonds is 6. The van der Waals surface area contributed by atoms with Crippen LogP contribution in [0.4, 0.5) is 10.6 Å². The van der Waals surface area contributed by atoms with Crippen LogP contribution in [0.2, 0.25) is 0 Å². The molecule has 8 heteroatoms. The van der Waals surface area contributed by atoms with Gasteiger partial charge in [-0.1, -0.05) is 0 Å². The topological polar surface area (TPSA) is 77.0 Å². The number of carbonyl (C=O) groups is 1. The number of nitrogens with zero attached hydrogens (tertiary/aromatic N) is 4. The average molecular weight is 388 g/mol. The molecule has 1 aliphatic rings. The molecule has 2 aromatic rings. The Morgan fingerprint density at radius 3 is 2.43 bits per heavy atom. The van der Waals surface area contributed by atoms with Crippen molar-refractivity contribution in [1.82, 2.24) is 14.9 Å². The van der Waals surface area contributed by atoms with E-state index in [-0.39, 0.29) is 12.1 Å². The minimum Gasteiger partial charge on any atom is -0.493 e. The van der Waals surface area contributed by atoms with Gasteiger partial charge in [0.15, 0.2) is 11.5 Å². The number of hydrogen-bond acceptors (Lipinski definition) is 7. The highest BCUT2D eigenvalue weighted by atomic mass is 16.6. The molecular weight excluding hydrogens is 360 g/mol. The summed E-state index contributed by atoms with van der Waals surface area (Å²) in [7, 11) is 3.23. The zero-order chi connectivity index (χ0) is 20.1. The Hall–Kier alpha value is -2.77. The number of anilines is 1. The number of piperidine rings is 1. The summed E-state index contributed by atoms with van der Waals surface area (Å²) in [6.07, 6.45) is 3.08. The van der Waals surface area contributed by atoms with Gasteiger partial charge in [0.25, 0.3) is 0 Å². The smallest absolute Gasteiger partial charge is 0.409 e. The van der Waals surface area contributed by atoms with Crippen LogP contribution in [0, 0.1) is 0 Å². The second kappa shape index (κ2) is 8.95. The largest absolute Gasteiger partial charge is 0.493 e. The highest BCUT2D eigenvalue weighted by Crippen LogP contribution is 2.35. The van der Waals surface area contributed by atoms with E-state index in [1.54, 1.807) is 20.5 Å². The summed E-state index contributed by atoms with van der Waals surface area (Å²) in [6, 6.07) is 3.97. The molecule has 8 nitrogen and oxygen atoms in total. The Bertz CT molecular complexity index is 821. The van der Waals surface area contributed by atoms with E-state index >= 15 is 0 Å². The van der Waals surface area contributed by atoms with Crippen LogP contribution >= 0.6 is 0 Å². The Labute approximate surface area is 165 Å². The number of amides is 1. The first-order valence-corrected chi connectivity index (χ1v) is 9.67. The number of benzene rings is 1. The zero-order valence-corrected chi connectivity index (χ0v) is 17.0. The third-order valence-electron chi connectivity index (χ3n) is 5.17. The molecule has 2 heterocycles. The van der Waals surface area contributed by atoms with Gasteiger partial charge in [0.2, 0.25) is 0 Å². The lowest BCUT2D eigenvalue weighted by atomic mass is 10.0. The molecule has 1 fully saturated rings. The summed E-state index contributed by atoms with van der Waals surface area (Å²) >= 11 is 0. The quantitative estimate of drug-likeness (QED) is 0.752. The Morgan fingerprint density at radius 1 is 1.14 bits per heavy atom. The monoisotopic (exact) mass is 388 g/mol. The molecule has 3 rings (SSSR count). The van der Waals surface area contributed by atoms with Gasteiger partial charge in [-0.15, -0.1) is 0 Å². The minimum absolute atomic E-state index is 0.183. The predicted molar refractivity (Wildman–Crippen MR) is 107 cm³/mol. The Kier molecular flexibility index (Phi) is 6.38. The highest BCUT2D eigenvalue weighted by Gasteiger charge is 2.29. The van der Waals surface area contributed by atoms with Gasteiger partial charge in [-0.25, -0.2) is 14.8 Å². The van der Waals surface area contributed by atoms with Crippen molar-refractivity contribution in [1.29, 1.82) is 0 Å². The normalized spacial score (nSPS) is 14.8. The molecule has 1 saturated heterocycles. The van der Waals surface area contributed by atoms with Crippen molar-refractivity contribution in [3.63, 3.8) is 0 Å². The first-order valence-electron chi connectivity index (χ1n) is 9.67. The number of carbonyl (C=O) groups excluding carboxylic acids is 1. The number of hydrogen-bond donors (Lipinski definition) is 0. The number of methoxy groups -OCH3 is 2. The molecule has 0 radical (unpaired) electrons. The maximum Gasteiger partial charge on any atom is 0.409 e. The molecule has 152 valence electrons. The molecule has 0 unspecified atom stereocenters. The second-order valence-electron chi connectivity index (χ2n) is 6.62. The van der Waals surface area contributed by atoms with Crippen molar-refractivity contribution in [3.05, 3.63) is 18.5 Å². The average Bonchev–Trinajstić information content (AvgIpc) is 2.73. The van der Waals surface area contributed by atoms with Gasteiger partial charge in [0.05, 0.1) is 26.3 Å². The van der Waals surface area contributed by atoms with Crippen LogP contribution in [0.1, 0.15) is 26.7 Å². The second-order valence-corrected chi connectivity index (χ2v) is 6.62. The van der Waals surface area contributed by atoms with Crippen molar-refractivity contribution in [2.75, 3.05) is 45.4 Å². The maximum atomic E-state index is 12.2. The first kappa shape index (κ1) is 20.0. The van der Waals surface area contributed by atoms with Gasteiger partial charge in [-0.05, 0) is 32.8 Å². The summed E-state index contributed by atoms with van der Waals surface area (Å²) in [4.78, 5) is 25.1. The van der Waals surface area contributed by atoms with Crippen molar-refractivity contribution in [3.8, 4) is 11.5 Å². The van der Waals surface area contributed by atoms with Crippen molar-refractivity contribution in [2.24, 2.45) is 0 Å². The van der Waals surface area contributed by atoms with Crippen LogP contribution in [0.15, 0.2) is 18.5 Å². The lowest BCUT2D eigenvalue weighted by Gasteiger charge is -2.38. The van der Waals surface area contributed by atoms with Crippen LogP contribution in [0.3, 0.4) is 0 Å². The van der Waals surface area contributed by atoms with Crippen molar-refractivity contribution < 1.29 is 19.0 Å². The number of fused-ring (bicyclic) bond motifs is 1. The predicted octanol–water partition coefficient (Wildman–Crippen LogP) is 3.09. The van der Waals surface area contributed by atoms with E-state index in [0.29, 0.717) is 24.7 Å². The zero-order valence-electron chi connectivity index (χ0n) is 17.0. The van der Waals surface area contributed by atoms with Gasteiger partial charge in [-0.2, -0.15) is 0 Å². The van der Waals surface area contributed by atoms with E-state index < -0.39 is 0 Å². The molecule has 0 spiro atoms. The standard InChI is InChI=1S/C20H28N4O4/c1-5-24(20(25)28-6-2)14-7-9-23(10-8-14)19-15-11-17(26-3)18(27-4)12-16(15)21-13-22-19/h11-14H,5-10H2,1-4H3. The fraction of sp³-hybridized carbons (Fsp3) is 0.550. The van der Waals surface area contributed by atoms with Gasteiger partial charge in [0.1, 0.15) is 12.1 Å². The van der Waals surface area contributed by atoms with E-state index in [2.05, 4.69) is 14.9 Å². The van der Waals surface area contributed by atoms with Gasteiger partial charge < -0.3 is 24.0 Å². The molecule has 0 saturated carbocycles. The maximum absolute atomic E-state index is 12.2. The molecule has 0 bridgehead atoms. The first-order chi connectivity index (χ1) is 13.6. The third kappa shape index (κ3) is 3.90. The molecule has 28 heavy (non-hydrogen) atoms. The van der Waals surface area contributed by atoms with E-state index in [1.165, 1.54) is 0 Å². The molecule has 0 N–H and O–H groups in total. The number of aromatic nitrogens is 2. The minimum atomic E-state index is -0.229. The Balaban J connectivity index is 1.80. The number of ether oxygens (including phenoxy) is 3. The van der Waals surface area contributed by atoms with Gasteiger partial charge in [0, 0.05) is 37.1 Å². The molecule has 0 atom stereocenters. The van der Waals surface area contributed by atoms with Gasteiger partial charge in [-0.3, -0.25) is 0 Å². The highest BCUT2D eigenvalue weighted by molar-refractivity contribution is 5.92. The van der Waals surface area contributed by atoms with Crippen LogP contribution in [-0.4, -0.2) is 67.5 Å². The SMILES string of the molecule is CCOC(=O)N(CC)C1CCN(c2ncnc3cc(OC)c(OC)cc23)CC1. The van der Waals surface area contributed by atoms with Gasteiger partial charge >= 0.3 is 6.09 Å².